The van der Waals surface area contributed by atoms with Crippen LogP contribution in [0.2, 0.25) is 5.02 Å². The number of hydrogen-bond donors (Lipinski definition) is 3. The molecule has 3 heterocycles. The van der Waals surface area contributed by atoms with Crippen LogP contribution in [0.15, 0.2) is 24.8 Å². The van der Waals surface area contributed by atoms with Crippen molar-refractivity contribution in [2.75, 3.05) is 23.7 Å². The second-order valence-electron chi connectivity index (χ2n) is 8.24. The first kappa shape index (κ1) is 22.3. The number of imidazole rings is 1. The van der Waals surface area contributed by atoms with E-state index in [1.807, 2.05) is 10.6 Å². The summed E-state index contributed by atoms with van der Waals surface area (Å²) in [5.41, 5.74) is 16.9. The number of nitrogens with two attached hydrogens (primary N) is 2. The average Bonchev–Trinajstić information content (AvgIpc) is 3.35. The van der Waals surface area contributed by atoms with Crippen molar-refractivity contribution in [3.05, 3.63) is 40.9 Å². The quantitative estimate of drug-likeness (QED) is 0.484. The summed E-state index contributed by atoms with van der Waals surface area (Å²) in [5.74, 6) is 0.390. The molecule has 1 saturated carbocycles. The lowest BCUT2D eigenvalue weighted by Gasteiger charge is -2.25. The molecule has 170 valence electrons. The summed E-state index contributed by atoms with van der Waals surface area (Å²) < 4.78 is 2.00. The van der Waals surface area contributed by atoms with Crippen molar-refractivity contribution < 1.29 is 4.79 Å². The number of carbonyl (C=O) groups excluding carboxylic acids is 1. The summed E-state index contributed by atoms with van der Waals surface area (Å²) in [4.78, 5) is 24.6. The summed E-state index contributed by atoms with van der Waals surface area (Å²) in [5, 5.41) is 3.39. The third-order valence-corrected chi connectivity index (χ3v) is 6.20. The van der Waals surface area contributed by atoms with Crippen LogP contribution in [0.1, 0.15) is 37.3 Å². The topological polar surface area (TPSA) is 128 Å². The van der Waals surface area contributed by atoms with Crippen LogP contribution in [0, 0.1) is 0 Å². The minimum atomic E-state index is 0.186. The van der Waals surface area contributed by atoms with Gasteiger partial charge < -0.3 is 26.3 Å². The molecule has 9 nitrogen and oxygen atoms in total. The second kappa shape index (κ2) is 9.70. The number of halogens is 1. The molecule has 2 fully saturated rings. The van der Waals surface area contributed by atoms with Gasteiger partial charge in [-0.05, 0) is 42.9 Å². The van der Waals surface area contributed by atoms with E-state index >= 15 is 0 Å². The van der Waals surface area contributed by atoms with Crippen LogP contribution in [0.3, 0.4) is 0 Å². The number of hydrogen-bond acceptors (Lipinski definition) is 7. The Balaban J connectivity index is 0.000000354. The average molecular weight is 457 g/mol. The Hall–Kier alpha value is -2.91. The van der Waals surface area contributed by atoms with Crippen LogP contribution in [0.4, 0.5) is 11.5 Å². The van der Waals surface area contributed by atoms with Gasteiger partial charge in [0.1, 0.15) is 11.8 Å². The number of benzene rings is 1. The normalized spacial score (nSPS) is 17.8. The van der Waals surface area contributed by atoms with Crippen molar-refractivity contribution >= 4 is 40.7 Å². The van der Waals surface area contributed by atoms with E-state index in [1.54, 1.807) is 6.33 Å². The smallest absolute Gasteiger partial charge is 0.207 e. The maximum Gasteiger partial charge on any atom is 0.207 e. The van der Waals surface area contributed by atoms with Gasteiger partial charge in [-0.15, -0.1) is 0 Å². The van der Waals surface area contributed by atoms with Crippen molar-refractivity contribution in [1.82, 2.24) is 24.8 Å². The Morgan fingerprint density at radius 3 is 2.69 bits per heavy atom. The summed E-state index contributed by atoms with van der Waals surface area (Å²) in [7, 11) is 0. The number of nitrogens with zero attached hydrogens (tertiary/aromatic N) is 5. The molecule has 1 aliphatic heterocycles. The fourth-order valence-corrected chi connectivity index (χ4v) is 4.32. The minimum absolute atomic E-state index is 0.186. The number of amides is 1. The molecule has 10 heteroatoms. The molecule has 0 bridgehead atoms. The van der Waals surface area contributed by atoms with E-state index in [0.717, 1.165) is 48.7 Å². The molecule has 1 saturated heterocycles. The van der Waals surface area contributed by atoms with Gasteiger partial charge in [-0.2, -0.15) is 0 Å². The Labute approximate surface area is 192 Å². The summed E-state index contributed by atoms with van der Waals surface area (Å²) >= 11 is 6.62. The lowest BCUT2D eigenvalue weighted by atomic mass is 10.0. The molecule has 0 radical (unpaired) electrons. The summed E-state index contributed by atoms with van der Waals surface area (Å²) in [6, 6.07) is 4.79. The largest absolute Gasteiger partial charge is 0.382 e. The molecule has 1 atom stereocenters. The highest BCUT2D eigenvalue weighted by Crippen LogP contribution is 2.35. The lowest BCUT2D eigenvalue weighted by molar-refractivity contribution is -0.109. The van der Waals surface area contributed by atoms with Crippen LogP contribution in [-0.2, 0) is 17.8 Å². The highest BCUT2D eigenvalue weighted by Gasteiger charge is 2.25. The highest BCUT2D eigenvalue weighted by atomic mass is 35.5. The van der Waals surface area contributed by atoms with Crippen LogP contribution in [0.25, 0.3) is 11.2 Å². The van der Waals surface area contributed by atoms with E-state index in [-0.39, 0.29) is 6.04 Å². The number of aryl methyl sites for hydroxylation is 1. The van der Waals surface area contributed by atoms with Crippen LogP contribution < -0.4 is 21.7 Å². The van der Waals surface area contributed by atoms with E-state index < -0.39 is 0 Å². The predicted molar refractivity (Wildman–Crippen MR) is 127 cm³/mol. The van der Waals surface area contributed by atoms with Crippen molar-refractivity contribution in [1.29, 1.82) is 0 Å². The van der Waals surface area contributed by atoms with Crippen LogP contribution in [0.5, 0.6) is 0 Å². The van der Waals surface area contributed by atoms with Crippen molar-refractivity contribution in [3.63, 3.8) is 0 Å². The number of carbonyl (C=O) groups is 1. The molecule has 3 aromatic rings. The Morgan fingerprint density at radius 2 is 2.06 bits per heavy atom. The molecule has 1 amide bonds. The molecule has 5 rings (SSSR count). The third-order valence-electron chi connectivity index (χ3n) is 5.89. The van der Waals surface area contributed by atoms with Gasteiger partial charge >= 0.3 is 0 Å². The number of nitrogens with one attached hydrogen (secondary N) is 1. The number of rotatable bonds is 6. The molecule has 5 N–H and O–H groups in total. The van der Waals surface area contributed by atoms with Gasteiger partial charge in [-0.1, -0.05) is 24.6 Å². The van der Waals surface area contributed by atoms with E-state index in [1.165, 1.54) is 30.3 Å². The van der Waals surface area contributed by atoms with Gasteiger partial charge in [0.2, 0.25) is 6.41 Å². The number of aromatic nitrogens is 4. The molecule has 1 aromatic carbocycles. The summed E-state index contributed by atoms with van der Waals surface area (Å²) in [6.07, 6.45) is 8.24. The molecule has 32 heavy (non-hydrogen) atoms. The Bertz CT molecular complexity index is 1100. The Morgan fingerprint density at radius 1 is 1.25 bits per heavy atom. The third kappa shape index (κ3) is 4.78. The highest BCUT2D eigenvalue weighted by molar-refractivity contribution is 6.33. The number of fused-ring (bicyclic) bond motifs is 1. The zero-order valence-electron chi connectivity index (χ0n) is 18.2. The van der Waals surface area contributed by atoms with Gasteiger partial charge in [-0.25, -0.2) is 15.0 Å². The van der Waals surface area contributed by atoms with Gasteiger partial charge in [0, 0.05) is 25.2 Å². The predicted octanol–water partition coefficient (Wildman–Crippen LogP) is 2.10. The van der Waals surface area contributed by atoms with Crippen LogP contribution >= 0.6 is 11.6 Å². The second-order valence-corrected chi connectivity index (χ2v) is 8.65. The first-order valence-electron chi connectivity index (χ1n) is 10.9. The molecule has 2 aliphatic rings. The minimum Gasteiger partial charge on any atom is -0.382 e. The fourth-order valence-electron chi connectivity index (χ4n) is 4.02. The SMILES string of the molecule is CCc1ccc(Cl)c(N2CCC(N)C2)c1Cn1cnc2c(N)ncnc21.O=CNC1CC1. The van der Waals surface area contributed by atoms with Gasteiger partial charge in [-0.3, -0.25) is 4.79 Å². The van der Waals surface area contributed by atoms with Gasteiger partial charge in [0.05, 0.1) is 23.6 Å². The van der Waals surface area contributed by atoms with Crippen molar-refractivity contribution in [2.24, 2.45) is 5.73 Å². The van der Waals surface area contributed by atoms with Crippen LogP contribution in [-0.4, -0.2) is 51.1 Å². The van der Waals surface area contributed by atoms with Gasteiger partial charge in [0.25, 0.3) is 0 Å². The standard InChI is InChI=1S/C18H22ClN7.C4H7NO/c1-2-11-3-4-14(19)16(25-6-5-12(20)7-25)13(11)8-26-10-24-15-17(21)22-9-23-18(15)26;6-3-5-4-1-2-4/h3-4,9-10,12H,2,5-8,20H2,1H3,(H2,21,22,23);3-4H,1-2H2,(H,5,6). The van der Waals surface area contributed by atoms with E-state index in [2.05, 4.69) is 38.2 Å². The monoisotopic (exact) mass is 456 g/mol. The maximum absolute atomic E-state index is 9.54. The zero-order valence-corrected chi connectivity index (χ0v) is 18.9. The molecular weight excluding hydrogens is 428 g/mol. The maximum atomic E-state index is 9.54. The lowest BCUT2D eigenvalue weighted by Crippen LogP contribution is -2.27. The number of anilines is 2. The molecule has 1 aliphatic carbocycles. The first-order chi connectivity index (χ1) is 15.5. The van der Waals surface area contributed by atoms with Crippen molar-refractivity contribution in [2.45, 2.75) is 51.2 Å². The molecule has 1 unspecified atom stereocenters. The summed E-state index contributed by atoms with van der Waals surface area (Å²) in [6.45, 7) is 4.51. The molecule has 0 spiro atoms. The number of nitrogen functional groups attached to an aromatic ring is 1. The van der Waals surface area contributed by atoms with E-state index in [4.69, 9.17) is 23.1 Å². The first-order valence-corrected chi connectivity index (χ1v) is 11.3. The zero-order chi connectivity index (χ0) is 22.7. The Kier molecular flexibility index (Phi) is 6.76. The van der Waals surface area contributed by atoms with Gasteiger partial charge in [0.15, 0.2) is 11.5 Å². The fraction of sp³-hybridized carbons (Fsp3) is 0.455. The molecule has 2 aromatic heterocycles. The van der Waals surface area contributed by atoms with E-state index in [9.17, 15) is 4.79 Å². The van der Waals surface area contributed by atoms with Crippen molar-refractivity contribution in [3.8, 4) is 0 Å². The molecular formula is C22H29ClN8O. The van der Waals surface area contributed by atoms with E-state index in [0.29, 0.717) is 23.9 Å².